The molecule has 4 nitrogen and oxygen atoms in total. The highest BCUT2D eigenvalue weighted by atomic mass is 16.5. The molecular formula is C18H21NO3. The van der Waals surface area contributed by atoms with Crippen LogP contribution in [0.2, 0.25) is 0 Å². The van der Waals surface area contributed by atoms with E-state index in [0.29, 0.717) is 11.5 Å². The maximum absolute atomic E-state index is 11.3. The number of aldehydes is 1. The number of hydrogen-bond donors (Lipinski definition) is 0. The van der Waals surface area contributed by atoms with Crippen molar-refractivity contribution in [1.82, 2.24) is 4.90 Å². The molecule has 0 amide bonds. The summed E-state index contributed by atoms with van der Waals surface area (Å²) < 4.78 is 10.6. The van der Waals surface area contributed by atoms with Gasteiger partial charge >= 0.3 is 0 Å². The highest BCUT2D eigenvalue weighted by molar-refractivity contribution is 5.72. The molecule has 0 aliphatic heterocycles. The van der Waals surface area contributed by atoms with Crippen LogP contribution in [0.3, 0.4) is 0 Å². The molecule has 2 rings (SSSR count). The maximum atomic E-state index is 11.3. The van der Waals surface area contributed by atoms with Crippen LogP contribution < -0.4 is 9.47 Å². The molecule has 0 fully saturated rings. The first-order valence-electron chi connectivity index (χ1n) is 7.05. The SMILES string of the molecule is COc1ccc(C=C2C=C(N(C)C)C=CC2C=O)cc1OC. The van der Waals surface area contributed by atoms with Crippen molar-refractivity contribution >= 4 is 12.4 Å². The summed E-state index contributed by atoms with van der Waals surface area (Å²) in [6.07, 6.45) is 8.84. The lowest BCUT2D eigenvalue weighted by molar-refractivity contribution is -0.109. The molecule has 0 saturated carbocycles. The van der Waals surface area contributed by atoms with Crippen LogP contribution in [0.15, 0.2) is 47.7 Å². The Kier molecular flexibility index (Phi) is 5.04. The second kappa shape index (κ2) is 6.98. The first-order valence-corrected chi connectivity index (χ1v) is 7.05. The van der Waals surface area contributed by atoms with Crippen molar-refractivity contribution < 1.29 is 14.3 Å². The summed E-state index contributed by atoms with van der Waals surface area (Å²) in [4.78, 5) is 13.3. The van der Waals surface area contributed by atoms with E-state index in [0.717, 1.165) is 23.1 Å². The van der Waals surface area contributed by atoms with Gasteiger partial charge in [0, 0.05) is 19.8 Å². The molecule has 0 aromatic heterocycles. The van der Waals surface area contributed by atoms with E-state index < -0.39 is 0 Å². The van der Waals surface area contributed by atoms with Crippen molar-refractivity contribution in [2.45, 2.75) is 0 Å². The number of allylic oxidation sites excluding steroid dienone is 4. The van der Waals surface area contributed by atoms with E-state index in [1.54, 1.807) is 14.2 Å². The van der Waals surface area contributed by atoms with Crippen molar-refractivity contribution in [3.05, 3.63) is 53.3 Å². The second-order valence-electron chi connectivity index (χ2n) is 5.24. The normalized spacial score (nSPS) is 18.8. The number of likely N-dealkylation sites (N-methyl/N-ethyl adjacent to an activating group) is 1. The van der Waals surface area contributed by atoms with Crippen molar-refractivity contribution in [2.75, 3.05) is 28.3 Å². The number of hydrogen-bond acceptors (Lipinski definition) is 4. The summed E-state index contributed by atoms with van der Waals surface area (Å²) >= 11 is 0. The number of rotatable bonds is 5. The van der Waals surface area contributed by atoms with Gasteiger partial charge in [0.2, 0.25) is 0 Å². The molecule has 0 radical (unpaired) electrons. The van der Waals surface area contributed by atoms with E-state index in [9.17, 15) is 4.79 Å². The minimum Gasteiger partial charge on any atom is -0.493 e. The standard InChI is InChI=1S/C18H21NO3/c1-19(2)16-7-6-14(12-20)15(11-16)9-13-5-8-17(21-3)18(10-13)22-4/h5-12,14H,1-4H3. The Balaban J connectivity index is 2.41. The fraction of sp³-hybridized carbons (Fsp3) is 0.278. The highest BCUT2D eigenvalue weighted by Crippen LogP contribution is 2.30. The molecule has 0 heterocycles. The summed E-state index contributed by atoms with van der Waals surface area (Å²) in [5, 5.41) is 0. The van der Waals surface area contributed by atoms with Gasteiger partial charge in [0.25, 0.3) is 0 Å². The lowest BCUT2D eigenvalue weighted by atomic mass is 9.92. The van der Waals surface area contributed by atoms with E-state index in [1.165, 1.54) is 0 Å². The Morgan fingerprint density at radius 3 is 2.45 bits per heavy atom. The Morgan fingerprint density at radius 2 is 1.86 bits per heavy atom. The van der Waals surface area contributed by atoms with Crippen LogP contribution >= 0.6 is 0 Å². The molecule has 1 atom stereocenters. The van der Waals surface area contributed by atoms with Crippen LogP contribution in [0, 0.1) is 5.92 Å². The molecule has 0 N–H and O–H groups in total. The second-order valence-corrected chi connectivity index (χ2v) is 5.24. The highest BCUT2D eigenvalue weighted by Gasteiger charge is 2.15. The fourth-order valence-corrected chi connectivity index (χ4v) is 2.30. The van der Waals surface area contributed by atoms with Crippen molar-refractivity contribution in [2.24, 2.45) is 5.92 Å². The number of methoxy groups -OCH3 is 2. The first-order chi connectivity index (χ1) is 10.6. The third-order valence-electron chi connectivity index (χ3n) is 3.58. The lowest BCUT2D eigenvalue weighted by Crippen LogP contribution is -2.14. The molecule has 1 aliphatic rings. The minimum absolute atomic E-state index is 0.225. The van der Waals surface area contributed by atoms with Gasteiger partial charge in [0.1, 0.15) is 6.29 Å². The predicted molar refractivity (Wildman–Crippen MR) is 88.0 cm³/mol. The van der Waals surface area contributed by atoms with Crippen molar-refractivity contribution in [1.29, 1.82) is 0 Å². The first kappa shape index (κ1) is 15.9. The zero-order chi connectivity index (χ0) is 16.1. The van der Waals surface area contributed by atoms with Gasteiger partial charge in [-0.1, -0.05) is 18.2 Å². The van der Waals surface area contributed by atoms with Crippen LogP contribution in [0.4, 0.5) is 0 Å². The number of nitrogens with zero attached hydrogens (tertiary/aromatic N) is 1. The van der Waals surface area contributed by atoms with E-state index in [1.807, 2.05) is 61.5 Å². The van der Waals surface area contributed by atoms with Crippen molar-refractivity contribution in [3.63, 3.8) is 0 Å². The maximum Gasteiger partial charge on any atom is 0.161 e. The van der Waals surface area contributed by atoms with E-state index in [4.69, 9.17) is 9.47 Å². The average molecular weight is 299 g/mol. The zero-order valence-electron chi connectivity index (χ0n) is 13.4. The fourth-order valence-electron chi connectivity index (χ4n) is 2.30. The molecule has 0 spiro atoms. The number of benzene rings is 1. The van der Waals surface area contributed by atoms with Crippen LogP contribution in [-0.2, 0) is 4.79 Å². The molecule has 116 valence electrons. The number of carbonyl (C=O) groups is 1. The van der Waals surface area contributed by atoms with Gasteiger partial charge < -0.3 is 19.2 Å². The predicted octanol–water partition coefficient (Wildman–Crippen LogP) is 2.92. The Bertz CT molecular complexity index is 642. The monoisotopic (exact) mass is 299 g/mol. The third kappa shape index (κ3) is 3.39. The molecular weight excluding hydrogens is 278 g/mol. The van der Waals surface area contributed by atoms with Crippen LogP contribution in [-0.4, -0.2) is 39.5 Å². The van der Waals surface area contributed by atoms with Gasteiger partial charge in [-0.05, 0) is 35.4 Å². The average Bonchev–Trinajstić information content (AvgIpc) is 2.54. The lowest BCUT2D eigenvalue weighted by Gasteiger charge is -2.20. The van der Waals surface area contributed by atoms with Crippen molar-refractivity contribution in [3.8, 4) is 11.5 Å². The summed E-state index contributed by atoms with van der Waals surface area (Å²) in [6, 6.07) is 5.70. The number of ether oxygens (including phenoxy) is 2. The van der Waals surface area contributed by atoms with Gasteiger partial charge in [0.05, 0.1) is 20.1 Å². The quantitative estimate of drug-likeness (QED) is 0.784. The molecule has 0 saturated heterocycles. The van der Waals surface area contributed by atoms with Crippen LogP contribution in [0.1, 0.15) is 5.56 Å². The molecule has 22 heavy (non-hydrogen) atoms. The van der Waals surface area contributed by atoms with Gasteiger partial charge in [-0.3, -0.25) is 0 Å². The largest absolute Gasteiger partial charge is 0.493 e. The molecule has 4 heteroatoms. The van der Waals surface area contributed by atoms with Crippen LogP contribution in [0.25, 0.3) is 6.08 Å². The van der Waals surface area contributed by atoms with E-state index in [2.05, 4.69) is 0 Å². The minimum atomic E-state index is -0.225. The molecule has 0 bridgehead atoms. The third-order valence-corrected chi connectivity index (χ3v) is 3.58. The summed E-state index contributed by atoms with van der Waals surface area (Å²) in [7, 11) is 7.17. The van der Waals surface area contributed by atoms with Gasteiger partial charge in [-0.15, -0.1) is 0 Å². The molecule has 1 aromatic carbocycles. The summed E-state index contributed by atoms with van der Waals surface area (Å²) in [6.45, 7) is 0. The molecule has 1 unspecified atom stereocenters. The van der Waals surface area contributed by atoms with Crippen LogP contribution in [0.5, 0.6) is 11.5 Å². The Labute approximate surface area is 131 Å². The van der Waals surface area contributed by atoms with Gasteiger partial charge in [-0.25, -0.2) is 0 Å². The molecule has 1 aromatic rings. The summed E-state index contributed by atoms with van der Waals surface area (Å²) in [5.41, 5.74) is 2.97. The van der Waals surface area contributed by atoms with Gasteiger partial charge in [-0.2, -0.15) is 0 Å². The number of carbonyl (C=O) groups excluding carboxylic acids is 1. The summed E-state index contributed by atoms with van der Waals surface area (Å²) in [5.74, 6) is 1.13. The Morgan fingerprint density at radius 1 is 1.14 bits per heavy atom. The topological polar surface area (TPSA) is 38.8 Å². The van der Waals surface area contributed by atoms with E-state index >= 15 is 0 Å². The van der Waals surface area contributed by atoms with Gasteiger partial charge in [0.15, 0.2) is 11.5 Å². The Hall–Kier alpha value is -2.49. The zero-order valence-corrected chi connectivity index (χ0v) is 13.4. The smallest absolute Gasteiger partial charge is 0.161 e. The van der Waals surface area contributed by atoms with E-state index in [-0.39, 0.29) is 5.92 Å². The molecule has 1 aliphatic carbocycles.